The van der Waals surface area contributed by atoms with Crippen molar-refractivity contribution in [3.8, 4) is 5.75 Å². The van der Waals surface area contributed by atoms with Crippen molar-refractivity contribution in [2.24, 2.45) is 5.92 Å². The Bertz CT molecular complexity index is 475. The molecule has 124 valence electrons. The molecule has 0 saturated heterocycles. The van der Waals surface area contributed by atoms with Gasteiger partial charge in [-0.1, -0.05) is 18.2 Å². The maximum Gasteiger partial charge on any atom is 0.425 e. The van der Waals surface area contributed by atoms with Gasteiger partial charge in [-0.25, -0.2) is 0 Å². The Morgan fingerprint density at radius 2 is 1.77 bits per heavy atom. The molecule has 0 bridgehead atoms. The number of nitrogens with zero attached hydrogens (tertiary/aromatic N) is 1. The molecular formula is C15H20F3NO3. The lowest BCUT2D eigenvalue weighted by Gasteiger charge is -2.37. The van der Waals surface area contributed by atoms with E-state index in [1.807, 2.05) is 0 Å². The lowest BCUT2D eigenvalue weighted by atomic mass is 9.89. The molecule has 0 aromatic heterocycles. The summed E-state index contributed by atoms with van der Waals surface area (Å²) in [6, 6.07) is 6.73. The third-order valence-corrected chi connectivity index (χ3v) is 3.78. The molecule has 1 aliphatic rings. The van der Waals surface area contributed by atoms with Gasteiger partial charge >= 0.3 is 6.18 Å². The van der Waals surface area contributed by atoms with E-state index in [2.05, 4.69) is 0 Å². The number of alkyl halides is 3. The fourth-order valence-corrected chi connectivity index (χ4v) is 2.81. The summed E-state index contributed by atoms with van der Waals surface area (Å²) in [7, 11) is 0. The van der Waals surface area contributed by atoms with Gasteiger partial charge in [0.15, 0.2) is 6.10 Å². The maximum absolute atomic E-state index is 13.3. The molecule has 1 aromatic carbocycles. The normalized spacial score (nSPS) is 21.5. The Balaban J connectivity index is 2.19. The van der Waals surface area contributed by atoms with Gasteiger partial charge in [0.1, 0.15) is 5.75 Å². The van der Waals surface area contributed by atoms with Crippen LogP contribution in [0.3, 0.4) is 0 Å². The molecule has 2 N–H and O–H groups in total. The molecule has 1 heterocycles. The zero-order valence-electron chi connectivity index (χ0n) is 12.1. The van der Waals surface area contributed by atoms with Crippen LogP contribution in [0.25, 0.3) is 0 Å². The first-order valence-electron chi connectivity index (χ1n) is 7.21. The van der Waals surface area contributed by atoms with Gasteiger partial charge in [0.2, 0.25) is 0 Å². The molecule has 0 radical (unpaired) electrons. The van der Waals surface area contributed by atoms with Crippen molar-refractivity contribution in [3.63, 3.8) is 0 Å². The summed E-state index contributed by atoms with van der Waals surface area (Å²) in [5.74, 6) is -0.495. The summed E-state index contributed by atoms with van der Waals surface area (Å²) in [6.45, 7) is 0.230. The molecule has 0 aliphatic carbocycles. The van der Waals surface area contributed by atoms with E-state index in [1.165, 1.54) is 0 Å². The Hall–Kier alpha value is -1.31. The van der Waals surface area contributed by atoms with Crippen molar-refractivity contribution >= 4 is 0 Å². The average Bonchev–Trinajstić information content (AvgIpc) is 2.46. The van der Waals surface area contributed by atoms with Gasteiger partial charge in [-0.15, -0.1) is 0 Å². The van der Waals surface area contributed by atoms with Gasteiger partial charge in [0, 0.05) is 25.6 Å². The summed E-state index contributed by atoms with van der Waals surface area (Å²) in [4.78, 5) is 1.63. The van der Waals surface area contributed by atoms with Crippen LogP contribution in [0.2, 0.25) is 0 Å². The summed E-state index contributed by atoms with van der Waals surface area (Å²) >= 11 is 0. The van der Waals surface area contributed by atoms with Gasteiger partial charge in [-0.05, 0) is 18.1 Å². The Morgan fingerprint density at radius 3 is 2.36 bits per heavy atom. The highest BCUT2D eigenvalue weighted by molar-refractivity contribution is 5.36. The second-order valence-electron chi connectivity index (χ2n) is 5.40. The SMILES string of the molecule is OCCN(CCO)C[C@@H]1Cc2ccccc2O[C@H]1C(F)(F)F. The van der Waals surface area contributed by atoms with Crippen molar-refractivity contribution in [3.05, 3.63) is 29.8 Å². The van der Waals surface area contributed by atoms with Crippen molar-refractivity contribution in [1.82, 2.24) is 4.90 Å². The Kier molecular flexibility index (Phi) is 5.66. The largest absolute Gasteiger partial charge is 0.480 e. The standard InChI is InChI=1S/C15H20F3NO3/c16-15(17,18)14-12(10-19(5-7-20)6-8-21)9-11-3-1-2-4-13(11)22-14/h1-4,12,14,20-21H,5-10H2/t12-,14+/m0/s1. The first kappa shape index (κ1) is 17.1. The molecule has 0 unspecified atom stereocenters. The summed E-state index contributed by atoms with van der Waals surface area (Å²) in [5, 5.41) is 18.0. The van der Waals surface area contributed by atoms with Crippen molar-refractivity contribution in [1.29, 1.82) is 0 Å². The van der Waals surface area contributed by atoms with Crippen molar-refractivity contribution in [2.45, 2.75) is 18.7 Å². The number of aliphatic hydroxyl groups excluding tert-OH is 2. The average molecular weight is 319 g/mol. The first-order chi connectivity index (χ1) is 10.5. The van der Waals surface area contributed by atoms with E-state index in [4.69, 9.17) is 14.9 Å². The summed E-state index contributed by atoms with van der Waals surface area (Å²) in [6.07, 6.45) is -6.07. The smallest absolute Gasteiger partial charge is 0.425 e. The number of aliphatic hydroxyl groups is 2. The predicted molar refractivity (Wildman–Crippen MR) is 74.7 cm³/mol. The second-order valence-corrected chi connectivity index (χ2v) is 5.40. The first-order valence-corrected chi connectivity index (χ1v) is 7.21. The number of halogens is 3. The number of ether oxygens (including phenoxy) is 1. The maximum atomic E-state index is 13.3. The number of fused-ring (bicyclic) bond motifs is 1. The number of para-hydroxylation sites is 1. The molecule has 0 spiro atoms. The molecule has 7 heteroatoms. The lowest BCUT2D eigenvalue weighted by molar-refractivity contribution is -0.215. The van der Waals surface area contributed by atoms with E-state index in [0.29, 0.717) is 0 Å². The van der Waals surface area contributed by atoms with Crippen LogP contribution in [-0.2, 0) is 6.42 Å². The van der Waals surface area contributed by atoms with Crippen LogP contribution in [0, 0.1) is 5.92 Å². The van der Waals surface area contributed by atoms with Gasteiger partial charge in [-0.3, -0.25) is 4.90 Å². The van der Waals surface area contributed by atoms with E-state index >= 15 is 0 Å². The van der Waals surface area contributed by atoms with Crippen LogP contribution >= 0.6 is 0 Å². The van der Waals surface area contributed by atoms with Crippen LogP contribution in [-0.4, -0.2) is 60.2 Å². The van der Waals surface area contributed by atoms with Gasteiger partial charge < -0.3 is 14.9 Å². The molecule has 1 aromatic rings. The highest BCUT2D eigenvalue weighted by Crippen LogP contribution is 2.38. The Morgan fingerprint density at radius 1 is 1.14 bits per heavy atom. The van der Waals surface area contributed by atoms with Crippen molar-refractivity contribution in [2.75, 3.05) is 32.8 Å². The zero-order chi connectivity index (χ0) is 16.2. The van der Waals surface area contributed by atoms with Crippen molar-refractivity contribution < 1.29 is 28.1 Å². The fraction of sp³-hybridized carbons (Fsp3) is 0.600. The van der Waals surface area contributed by atoms with E-state index in [0.717, 1.165) is 5.56 Å². The monoisotopic (exact) mass is 319 g/mol. The lowest BCUT2D eigenvalue weighted by Crippen LogP contribution is -2.49. The molecule has 1 aliphatic heterocycles. The molecule has 0 saturated carbocycles. The molecule has 0 fully saturated rings. The molecule has 2 rings (SSSR count). The quantitative estimate of drug-likeness (QED) is 0.833. The van der Waals surface area contributed by atoms with Gasteiger partial charge in [-0.2, -0.15) is 13.2 Å². The molecule has 4 nitrogen and oxygen atoms in total. The van der Waals surface area contributed by atoms with Crippen LogP contribution in [0.15, 0.2) is 24.3 Å². The molecule has 0 amide bonds. The fourth-order valence-electron chi connectivity index (χ4n) is 2.81. The minimum atomic E-state index is -4.46. The van der Waals surface area contributed by atoms with Crippen LogP contribution in [0.4, 0.5) is 13.2 Å². The highest BCUT2D eigenvalue weighted by Gasteiger charge is 2.49. The van der Waals surface area contributed by atoms with Gasteiger partial charge in [0.25, 0.3) is 0 Å². The highest BCUT2D eigenvalue weighted by atomic mass is 19.4. The van der Waals surface area contributed by atoms with Crippen LogP contribution in [0.1, 0.15) is 5.56 Å². The van der Waals surface area contributed by atoms with E-state index < -0.39 is 18.2 Å². The molecule has 22 heavy (non-hydrogen) atoms. The second kappa shape index (κ2) is 7.30. The van der Waals surface area contributed by atoms with E-state index in [-0.39, 0.29) is 45.0 Å². The Labute approximate surface area is 127 Å². The van der Waals surface area contributed by atoms with E-state index in [9.17, 15) is 13.2 Å². The van der Waals surface area contributed by atoms with Crippen LogP contribution < -0.4 is 4.74 Å². The van der Waals surface area contributed by atoms with Gasteiger partial charge in [0.05, 0.1) is 13.2 Å². The number of rotatable bonds is 6. The van der Waals surface area contributed by atoms with Crippen LogP contribution in [0.5, 0.6) is 5.75 Å². The number of hydrogen-bond acceptors (Lipinski definition) is 4. The molecular weight excluding hydrogens is 299 g/mol. The minimum Gasteiger partial charge on any atom is -0.480 e. The number of hydrogen-bond donors (Lipinski definition) is 2. The topological polar surface area (TPSA) is 52.9 Å². The third kappa shape index (κ3) is 4.12. The zero-order valence-corrected chi connectivity index (χ0v) is 12.1. The summed E-state index contributed by atoms with van der Waals surface area (Å²) in [5.41, 5.74) is 0.751. The predicted octanol–water partition coefficient (Wildman–Crippen LogP) is 1.46. The minimum absolute atomic E-state index is 0.111. The number of benzene rings is 1. The third-order valence-electron chi connectivity index (χ3n) is 3.78. The summed E-state index contributed by atoms with van der Waals surface area (Å²) < 4.78 is 45.0. The molecule has 2 atom stereocenters. The van der Waals surface area contributed by atoms with E-state index in [1.54, 1.807) is 29.2 Å².